The molecule has 1 aromatic rings. The molecule has 3 saturated heterocycles. The van der Waals surface area contributed by atoms with E-state index in [1.807, 2.05) is 0 Å². The van der Waals surface area contributed by atoms with Gasteiger partial charge >= 0.3 is 5.79 Å². The van der Waals surface area contributed by atoms with Gasteiger partial charge in [-0.25, -0.2) is 4.39 Å². The predicted octanol–water partition coefficient (Wildman–Crippen LogP) is -3.00. The molecule has 10 N–H and O–H groups in total. The second-order valence-electron chi connectivity index (χ2n) is 10.2. The lowest BCUT2D eigenvalue weighted by molar-refractivity contribution is -0.355. The van der Waals surface area contributed by atoms with Gasteiger partial charge in [-0.1, -0.05) is 6.58 Å². The number of imide groups is 1. The van der Waals surface area contributed by atoms with Crippen LogP contribution in [0, 0.1) is 5.82 Å². The number of carbonyl (C=O) groups is 3. The number of aliphatic hydroxyl groups is 6. The summed E-state index contributed by atoms with van der Waals surface area (Å²) in [6, 6.07) is -2.57. The number of nitrogens with one attached hydrogen (secondary N) is 2. The van der Waals surface area contributed by atoms with Gasteiger partial charge in [0, 0.05) is 42.9 Å². The molecule has 16 nitrogen and oxygen atoms in total. The van der Waals surface area contributed by atoms with Crippen molar-refractivity contribution in [2.45, 2.75) is 30.7 Å². The highest BCUT2D eigenvalue weighted by atomic mass is 19.1. The Morgan fingerprint density at radius 3 is 2.33 bits per heavy atom. The largest absolute Gasteiger partial charge is 0.505 e. The SMILES string of the molecule is C=C(O)/C(O)=C1/C(=O)N(C2C(=O)NC(=O)C(O)(O)C2(O)O)C/C1=C1\NCc2c(F)c(CN3CCOCC3)c(O)c(O)c21. The highest BCUT2D eigenvalue weighted by molar-refractivity contribution is 6.11. The first kappa shape index (κ1) is 29.2. The van der Waals surface area contributed by atoms with E-state index >= 15 is 4.39 Å². The Bertz CT molecular complexity index is 1490. The molecule has 5 rings (SSSR count). The maximum Gasteiger partial charge on any atom is 0.303 e. The number of amides is 3. The summed E-state index contributed by atoms with van der Waals surface area (Å²) in [6.45, 7) is 3.60. The summed E-state index contributed by atoms with van der Waals surface area (Å²) in [7, 11) is 0. The number of carbonyl (C=O) groups excluding carboxylic acids is 3. The van der Waals surface area contributed by atoms with Crippen LogP contribution in [0.4, 0.5) is 4.39 Å². The number of hydrogen-bond acceptors (Lipinski definition) is 14. The zero-order chi connectivity index (χ0) is 30.9. The van der Waals surface area contributed by atoms with Gasteiger partial charge in [0.2, 0.25) is 0 Å². The molecule has 4 aliphatic heterocycles. The number of phenols is 2. The third kappa shape index (κ3) is 4.17. The number of phenolic OH excluding ortho intramolecular Hbond substituents is 2. The Morgan fingerprint density at radius 1 is 1.07 bits per heavy atom. The minimum Gasteiger partial charge on any atom is -0.505 e. The number of likely N-dealkylation sites (tertiary alicyclic amines) is 1. The number of benzene rings is 1. The molecule has 1 unspecified atom stereocenters. The van der Waals surface area contributed by atoms with Crippen molar-refractivity contribution >= 4 is 23.4 Å². The highest BCUT2D eigenvalue weighted by Gasteiger charge is 2.67. The van der Waals surface area contributed by atoms with Gasteiger partial charge in [-0.2, -0.15) is 0 Å². The van der Waals surface area contributed by atoms with Gasteiger partial charge in [0.1, 0.15) is 5.82 Å². The van der Waals surface area contributed by atoms with E-state index in [0.29, 0.717) is 31.2 Å². The molecular formula is C25H27FN4O12. The van der Waals surface area contributed by atoms with Crippen LogP contribution in [-0.4, -0.2) is 119 Å². The Balaban J connectivity index is 1.65. The average molecular weight is 595 g/mol. The summed E-state index contributed by atoms with van der Waals surface area (Å²) in [6.07, 6.45) is 0. The number of piperidine rings is 1. The summed E-state index contributed by atoms with van der Waals surface area (Å²) in [5.74, 6) is -17.4. The number of rotatable bonds is 4. The van der Waals surface area contributed by atoms with Gasteiger partial charge in [-0.3, -0.25) is 24.6 Å². The molecule has 42 heavy (non-hydrogen) atoms. The van der Waals surface area contributed by atoms with Crippen LogP contribution in [0.1, 0.15) is 16.7 Å². The minimum atomic E-state index is -3.98. The van der Waals surface area contributed by atoms with Crippen LogP contribution in [0.25, 0.3) is 5.70 Å². The van der Waals surface area contributed by atoms with Crippen molar-refractivity contribution in [3.05, 3.63) is 51.8 Å². The maximum atomic E-state index is 15.7. The Labute approximate surface area is 235 Å². The van der Waals surface area contributed by atoms with Crippen molar-refractivity contribution < 1.29 is 64.4 Å². The van der Waals surface area contributed by atoms with E-state index in [4.69, 9.17) is 4.74 Å². The Hall–Kier alpha value is -4.26. The summed E-state index contributed by atoms with van der Waals surface area (Å²) >= 11 is 0. The second-order valence-corrected chi connectivity index (χ2v) is 10.2. The molecule has 3 amide bonds. The summed E-state index contributed by atoms with van der Waals surface area (Å²) in [5, 5.41) is 87.5. The maximum absolute atomic E-state index is 15.7. The molecule has 0 saturated carbocycles. The first-order valence-corrected chi connectivity index (χ1v) is 12.5. The van der Waals surface area contributed by atoms with Gasteiger partial charge in [0.25, 0.3) is 23.5 Å². The lowest BCUT2D eigenvalue weighted by Gasteiger charge is -2.44. The Kier molecular flexibility index (Phi) is 6.91. The molecule has 3 fully saturated rings. The smallest absolute Gasteiger partial charge is 0.303 e. The quantitative estimate of drug-likeness (QED) is 0.0548. The number of aliphatic hydroxyl groups excluding tert-OH is 2. The van der Waals surface area contributed by atoms with E-state index in [1.165, 1.54) is 5.32 Å². The molecule has 0 aliphatic carbocycles. The molecule has 0 spiro atoms. The van der Waals surface area contributed by atoms with Crippen LogP contribution in [0.15, 0.2) is 29.2 Å². The second kappa shape index (κ2) is 9.93. The van der Waals surface area contributed by atoms with Crippen molar-refractivity contribution in [1.29, 1.82) is 0 Å². The van der Waals surface area contributed by atoms with E-state index in [9.17, 15) is 55.2 Å². The molecule has 0 bridgehead atoms. The van der Waals surface area contributed by atoms with E-state index in [2.05, 4.69) is 11.9 Å². The van der Waals surface area contributed by atoms with Gasteiger partial charge < -0.3 is 55.8 Å². The zero-order valence-corrected chi connectivity index (χ0v) is 21.7. The highest BCUT2D eigenvalue weighted by Crippen LogP contribution is 2.47. The van der Waals surface area contributed by atoms with Crippen molar-refractivity contribution in [2.24, 2.45) is 0 Å². The number of aromatic hydroxyl groups is 2. The summed E-state index contributed by atoms with van der Waals surface area (Å²) in [4.78, 5) is 40.1. The van der Waals surface area contributed by atoms with E-state index in [1.54, 1.807) is 4.90 Å². The fraction of sp³-hybridized carbons (Fsp3) is 0.400. The molecule has 4 aliphatic rings. The monoisotopic (exact) mass is 594 g/mol. The molecular weight excluding hydrogens is 567 g/mol. The van der Waals surface area contributed by atoms with Crippen LogP contribution >= 0.6 is 0 Å². The zero-order valence-electron chi connectivity index (χ0n) is 21.7. The number of fused-ring (bicyclic) bond motifs is 1. The number of hydrogen-bond donors (Lipinski definition) is 10. The molecule has 0 aromatic heterocycles. The van der Waals surface area contributed by atoms with E-state index in [0.717, 1.165) is 0 Å². The van der Waals surface area contributed by atoms with Gasteiger partial charge in [-0.15, -0.1) is 0 Å². The fourth-order valence-electron chi connectivity index (χ4n) is 5.45. The van der Waals surface area contributed by atoms with Crippen molar-refractivity contribution in [2.75, 3.05) is 32.8 Å². The van der Waals surface area contributed by atoms with Crippen molar-refractivity contribution in [3.8, 4) is 11.5 Å². The number of halogens is 1. The van der Waals surface area contributed by atoms with Crippen molar-refractivity contribution in [1.82, 2.24) is 20.4 Å². The Morgan fingerprint density at radius 2 is 1.71 bits per heavy atom. The number of morpholine rings is 1. The molecule has 4 heterocycles. The van der Waals surface area contributed by atoms with Gasteiger partial charge in [0.05, 0.1) is 36.6 Å². The summed E-state index contributed by atoms with van der Waals surface area (Å²) < 4.78 is 21.0. The van der Waals surface area contributed by atoms with Crippen LogP contribution in [0.3, 0.4) is 0 Å². The van der Waals surface area contributed by atoms with E-state index in [-0.39, 0.29) is 41.1 Å². The van der Waals surface area contributed by atoms with Gasteiger partial charge in [-0.05, 0) is 0 Å². The topological polar surface area (TPSA) is 253 Å². The standard InChI is InChI=1S/C25H27FN4O12/c1-9(31)17(32)14-11(8-30(22(14)36)20-21(35)28-23(37)25(40,41)24(20,38)39)16-13-10(6-27-16)15(26)12(18(33)19(13)34)7-29-2-4-42-5-3-29/h20,27,31-34,38-41H,1-8H2,(H,28,35,37)/b16-11+,17-14-. The minimum absolute atomic E-state index is 0.0645. The molecule has 0 radical (unpaired) electrons. The first-order valence-electron chi connectivity index (χ1n) is 12.5. The molecule has 17 heteroatoms. The third-order valence-electron chi connectivity index (χ3n) is 7.68. The number of nitrogens with zero attached hydrogens (tertiary/aromatic N) is 2. The average Bonchev–Trinajstić information content (AvgIpc) is 3.51. The molecule has 1 atom stereocenters. The van der Waals surface area contributed by atoms with Gasteiger partial charge in [0.15, 0.2) is 29.1 Å². The van der Waals surface area contributed by atoms with E-state index < -0.39 is 76.3 Å². The molecule has 1 aromatic carbocycles. The van der Waals surface area contributed by atoms with Crippen molar-refractivity contribution in [3.63, 3.8) is 0 Å². The third-order valence-corrected chi connectivity index (χ3v) is 7.68. The van der Waals surface area contributed by atoms with Crippen LogP contribution in [0.5, 0.6) is 11.5 Å². The normalized spacial score (nSPS) is 26.6. The lowest BCUT2D eigenvalue weighted by Crippen LogP contribution is -2.79. The number of ether oxygens (including phenoxy) is 1. The predicted molar refractivity (Wildman–Crippen MR) is 134 cm³/mol. The fourth-order valence-corrected chi connectivity index (χ4v) is 5.45. The molecule has 226 valence electrons. The lowest BCUT2D eigenvalue weighted by atomic mass is 9.90. The van der Waals surface area contributed by atoms with Crippen LogP contribution in [-0.2, 0) is 32.2 Å². The van der Waals surface area contributed by atoms with Crippen LogP contribution < -0.4 is 10.6 Å². The van der Waals surface area contributed by atoms with Crippen LogP contribution in [0.2, 0.25) is 0 Å². The first-order chi connectivity index (χ1) is 19.6. The summed E-state index contributed by atoms with van der Waals surface area (Å²) in [5.41, 5.74) is -2.05.